The maximum Gasteiger partial charge on any atom is 0.218 e. The highest BCUT2D eigenvalue weighted by atomic mass is 16.5. The zero-order chi connectivity index (χ0) is 18.1. The minimum absolute atomic E-state index is 0.121. The fourth-order valence-electron chi connectivity index (χ4n) is 3.79. The van der Waals surface area contributed by atoms with Crippen LogP contribution in [0.1, 0.15) is 43.4 Å². The van der Waals surface area contributed by atoms with Gasteiger partial charge in [-0.2, -0.15) is 0 Å². The number of aromatic nitrogens is 1. The Balaban J connectivity index is 1.71. The summed E-state index contributed by atoms with van der Waals surface area (Å²) in [5, 5.41) is 1.20. The SMILES string of the molecule is CC1CN(Cc2ccccc2)Cc2cc3cccc(C(C)C)c3nc2O1. The third-order valence-corrected chi connectivity index (χ3v) is 5.01. The van der Waals surface area contributed by atoms with Gasteiger partial charge in [0, 0.05) is 30.6 Å². The summed E-state index contributed by atoms with van der Waals surface area (Å²) in [6.45, 7) is 9.26. The summed E-state index contributed by atoms with van der Waals surface area (Å²) in [6, 6.07) is 19.4. The average Bonchev–Trinajstić information content (AvgIpc) is 2.76. The summed E-state index contributed by atoms with van der Waals surface area (Å²) in [7, 11) is 0. The second kappa shape index (κ2) is 7.08. The third kappa shape index (κ3) is 3.45. The Morgan fingerprint density at radius 1 is 1.12 bits per heavy atom. The van der Waals surface area contributed by atoms with Crippen molar-refractivity contribution in [3.8, 4) is 5.88 Å². The van der Waals surface area contributed by atoms with Crippen LogP contribution in [0.4, 0.5) is 0 Å². The molecule has 0 aliphatic carbocycles. The molecule has 134 valence electrons. The first-order valence-electron chi connectivity index (χ1n) is 9.45. The van der Waals surface area contributed by atoms with Crippen LogP contribution in [0.25, 0.3) is 10.9 Å². The number of hydrogen-bond acceptors (Lipinski definition) is 3. The monoisotopic (exact) mass is 346 g/mol. The van der Waals surface area contributed by atoms with Gasteiger partial charge < -0.3 is 4.74 Å². The van der Waals surface area contributed by atoms with Crippen LogP contribution in [-0.2, 0) is 13.1 Å². The minimum atomic E-state index is 0.121. The van der Waals surface area contributed by atoms with Gasteiger partial charge in [0.2, 0.25) is 5.88 Å². The maximum absolute atomic E-state index is 6.21. The molecule has 0 radical (unpaired) electrons. The van der Waals surface area contributed by atoms with Crippen LogP contribution in [0.5, 0.6) is 5.88 Å². The van der Waals surface area contributed by atoms with Crippen LogP contribution in [0.3, 0.4) is 0 Å². The van der Waals surface area contributed by atoms with Crippen molar-refractivity contribution < 1.29 is 4.74 Å². The fraction of sp³-hybridized carbons (Fsp3) is 0.348. The summed E-state index contributed by atoms with van der Waals surface area (Å²) in [5.74, 6) is 1.25. The number of fused-ring (bicyclic) bond motifs is 2. The molecule has 0 N–H and O–H groups in total. The molecule has 4 rings (SSSR count). The molecule has 0 fully saturated rings. The molecule has 0 saturated carbocycles. The van der Waals surface area contributed by atoms with Gasteiger partial charge in [0.05, 0.1) is 5.52 Å². The molecule has 0 spiro atoms. The van der Waals surface area contributed by atoms with E-state index in [2.05, 4.69) is 80.3 Å². The van der Waals surface area contributed by atoms with Crippen LogP contribution >= 0.6 is 0 Å². The van der Waals surface area contributed by atoms with Crippen LogP contribution in [-0.4, -0.2) is 22.5 Å². The zero-order valence-electron chi connectivity index (χ0n) is 15.8. The van der Waals surface area contributed by atoms with Gasteiger partial charge in [-0.15, -0.1) is 0 Å². The van der Waals surface area contributed by atoms with Gasteiger partial charge >= 0.3 is 0 Å². The number of ether oxygens (including phenoxy) is 1. The van der Waals surface area contributed by atoms with Crippen molar-refractivity contribution in [3.63, 3.8) is 0 Å². The predicted octanol–water partition coefficient (Wildman–Crippen LogP) is 5.14. The highest BCUT2D eigenvalue weighted by Crippen LogP contribution is 2.31. The Bertz CT molecular complexity index is 905. The van der Waals surface area contributed by atoms with Gasteiger partial charge in [-0.3, -0.25) is 4.90 Å². The van der Waals surface area contributed by atoms with Gasteiger partial charge in [-0.1, -0.05) is 62.4 Å². The molecule has 1 aliphatic rings. The van der Waals surface area contributed by atoms with E-state index in [1.165, 1.54) is 22.1 Å². The van der Waals surface area contributed by atoms with Crippen LogP contribution in [0.2, 0.25) is 0 Å². The Kier molecular flexibility index (Phi) is 4.64. The standard InChI is InChI=1S/C23H26N2O/c1-16(2)21-11-7-10-19-12-20-15-25(14-18-8-5-4-6-9-18)13-17(3)26-23(20)24-22(19)21/h4-12,16-17H,13-15H2,1-3H3. The van der Waals surface area contributed by atoms with E-state index in [9.17, 15) is 0 Å². The number of para-hydroxylation sites is 1. The smallest absolute Gasteiger partial charge is 0.218 e. The van der Waals surface area contributed by atoms with E-state index in [4.69, 9.17) is 9.72 Å². The van der Waals surface area contributed by atoms with Crippen molar-refractivity contribution >= 4 is 10.9 Å². The number of hydrogen-bond donors (Lipinski definition) is 0. The van der Waals surface area contributed by atoms with Crippen LogP contribution in [0.15, 0.2) is 54.6 Å². The Hall–Kier alpha value is -2.39. The third-order valence-electron chi connectivity index (χ3n) is 5.01. The van der Waals surface area contributed by atoms with E-state index in [1.807, 2.05) is 0 Å². The lowest BCUT2D eigenvalue weighted by Crippen LogP contribution is -2.30. The van der Waals surface area contributed by atoms with E-state index in [0.29, 0.717) is 5.92 Å². The van der Waals surface area contributed by atoms with Gasteiger partial charge in [-0.25, -0.2) is 4.98 Å². The van der Waals surface area contributed by atoms with Gasteiger partial charge in [0.15, 0.2) is 0 Å². The molecular formula is C23H26N2O. The topological polar surface area (TPSA) is 25.4 Å². The van der Waals surface area contributed by atoms with E-state index >= 15 is 0 Å². The molecule has 26 heavy (non-hydrogen) atoms. The molecule has 0 bridgehead atoms. The van der Waals surface area contributed by atoms with Crippen molar-refractivity contribution in [2.45, 2.75) is 45.9 Å². The molecule has 3 aromatic rings. The summed E-state index contributed by atoms with van der Waals surface area (Å²) in [6.07, 6.45) is 0.121. The first-order valence-corrected chi connectivity index (χ1v) is 9.45. The number of benzene rings is 2. The van der Waals surface area contributed by atoms with E-state index < -0.39 is 0 Å². The first kappa shape index (κ1) is 17.0. The largest absolute Gasteiger partial charge is 0.473 e. The molecular weight excluding hydrogens is 320 g/mol. The minimum Gasteiger partial charge on any atom is -0.473 e. The van der Waals surface area contributed by atoms with Crippen LogP contribution in [0, 0.1) is 0 Å². The van der Waals surface area contributed by atoms with Crippen molar-refractivity contribution in [2.24, 2.45) is 0 Å². The highest BCUT2D eigenvalue weighted by molar-refractivity contribution is 5.83. The number of pyridine rings is 1. The van der Waals surface area contributed by atoms with Crippen LogP contribution < -0.4 is 4.74 Å². The molecule has 3 heteroatoms. The van der Waals surface area contributed by atoms with Crippen molar-refractivity contribution in [1.29, 1.82) is 0 Å². The van der Waals surface area contributed by atoms with E-state index in [-0.39, 0.29) is 6.10 Å². The maximum atomic E-state index is 6.21. The Morgan fingerprint density at radius 2 is 1.92 bits per heavy atom. The molecule has 3 nitrogen and oxygen atoms in total. The Morgan fingerprint density at radius 3 is 2.69 bits per heavy atom. The summed E-state index contributed by atoms with van der Waals surface area (Å²) in [5.41, 5.74) is 4.87. The van der Waals surface area contributed by atoms with E-state index in [0.717, 1.165) is 31.0 Å². The number of rotatable bonds is 3. The first-order chi connectivity index (χ1) is 12.6. The highest BCUT2D eigenvalue weighted by Gasteiger charge is 2.22. The van der Waals surface area contributed by atoms with Gasteiger partial charge in [0.25, 0.3) is 0 Å². The van der Waals surface area contributed by atoms with Gasteiger partial charge in [-0.05, 0) is 30.0 Å². The molecule has 0 saturated heterocycles. The van der Waals surface area contributed by atoms with Gasteiger partial charge in [0.1, 0.15) is 6.10 Å². The molecule has 1 aliphatic heterocycles. The van der Waals surface area contributed by atoms with E-state index in [1.54, 1.807) is 0 Å². The van der Waals surface area contributed by atoms with Crippen molar-refractivity contribution in [3.05, 3.63) is 71.3 Å². The summed E-state index contributed by atoms with van der Waals surface area (Å²) < 4.78 is 6.21. The molecule has 2 aromatic carbocycles. The second-order valence-corrected chi connectivity index (χ2v) is 7.61. The second-order valence-electron chi connectivity index (χ2n) is 7.61. The molecule has 0 amide bonds. The quantitative estimate of drug-likeness (QED) is 0.656. The predicted molar refractivity (Wildman–Crippen MR) is 106 cm³/mol. The summed E-state index contributed by atoms with van der Waals surface area (Å²) >= 11 is 0. The summed E-state index contributed by atoms with van der Waals surface area (Å²) in [4.78, 5) is 7.39. The molecule has 1 atom stereocenters. The van der Waals surface area contributed by atoms with Crippen molar-refractivity contribution in [1.82, 2.24) is 9.88 Å². The molecule has 1 aromatic heterocycles. The van der Waals surface area contributed by atoms with Crippen molar-refractivity contribution in [2.75, 3.05) is 6.54 Å². The average molecular weight is 346 g/mol. The lowest BCUT2D eigenvalue weighted by molar-refractivity contribution is 0.153. The number of nitrogens with zero attached hydrogens (tertiary/aromatic N) is 2. The fourth-order valence-corrected chi connectivity index (χ4v) is 3.79. The molecule has 1 unspecified atom stereocenters. The Labute approximate surface area is 155 Å². The lowest BCUT2D eigenvalue weighted by Gasteiger charge is -2.21. The normalized spacial score (nSPS) is 17.8. The molecule has 2 heterocycles. The zero-order valence-corrected chi connectivity index (χ0v) is 15.8. The lowest BCUT2D eigenvalue weighted by atomic mass is 9.99.